The Morgan fingerprint density at radius 2 is 0.824 bits per heavy atom. The summed E-state index contributed by atoms with van der Waals surface area (Å²) in [6, 6.07) is 0. The minimum Gasteiger partial charge on any atom is -0.457 e. The van der Waals surface area contributed by atoms with Crippen LogP contribution in [0.5, 0.6) is 0 Å². The monoisotopic (exact) mass is 1040 g/mol. The van der Waals surface area contributed by atoms with E-state index in [1.807, 2.05) is 0 Å². The van der Waals surface area contributed by atoms with Gasteiger partial charge in [0.25, 0.3) is 0 Å². The van der Waals surface area contributed by atoms with E-state index in [0.717, 1.165) is 77.0 Å². The molecule has 0 amide bonds. The van der Waals surface area contributed by atoms with Crippen LogP contribution in [0.2, 0.25) is 0 Å². The molecule has 0 saturated carbocycles. The molecule has 426 valence electrons. The van der Waals surface area contributed by atoms with Gasteiger partial charge in [-0.1, -0.05) is 239 Å². The topological polar surface area (TPSA) is 135 Å². The summed E-state index contributed by atoms with van der Waals surface area (Å²) in [4.78, 5) is 12.9. The molecule has 0 aromatic rings. The van der Waals surface area contributed by atoms with Gasteiger partial charge in [-0.25, -0.2) is 0 Å². The Kier molecular flexibility index (Phi) is 51.3. The van der Waals surface area contributed by atoms with Crippen LogP contribution in [0, 0.1) is 0 Å². The molecule has 6 unspecified atom stereocenters. The largest absolute Gasteiger partial charge is 0.457 e. The molecule has 1 saturated heterocycles. The summed E-state index contributed by atoms with van der Waals surface area (Å²) < 4.78 is 23.0. The van der Waals surface area contributed by atoms with E-state index in [0.29, 0.717) is 13.0 Å². The van der Waals surface area contributed by atoms with Crippen LogP contribution in [0.25, 0.3) is 0 Å². The molecule has 1 rings (SSSR count). The number of aliphatic hydroxyl groups excluding tert-OH is 4. The maximum Gasteiger partial charge on any atom is 0.306 e. The molecule has 1 fully saturated rings. The first-order chi connectivity index (χ1) is 36.4. The summed E-state index contributed by atoms with van der Waals surface area (Å²) in [6.07, 6.45) is 70.2. The van der Waals surface area contributed by atoms with Crippen molar-refractivity contribution in [3.05, 3.63) is 97.2 Å². The maximum absolute atomic E-state index is 12.9. The zero-order chi connectivity index (χ0) is 53.5. The highest BCUT2D eigenvalue weighted by molar-refractivity contribution is 5.69. The predicted molar refractivity (Wildman–Crippen MR) is 311 cm³/mol. The van der Waals surface area contributed by atoms with Gasteiger partial charge in [-0.2, -0.15) is 0 Å². The minimum atomic E-state index is -1.54. The van der Waals surface area contributed by atoms with Crippen molar-refractivity contribution < 1.29 is 44.2 Å². The number of carbonyl (C=O) groups is 1. The van der Waals surface area contributed by atoms with Crippen LogP contribution in [0.4, 0.5) is 0 Å². The zero-order valence-corrected chi connectivity index (χ0v) is 47.3. The smallest absolute Gasteiger partial charge is 0.306 e. The number of unbranched alkanes of at least 4 members (excludes halogenated alkanes) is 25. The number of esters is 1. The van der Waals surface area contributed by atoms with E-state index >= 15 is 0 Å². The van der Waals surface area contributed by atoms with Crippen molar-refractivity contribution in [3.63, 3.8) is 0 Å². The number of allylic oxidation sites excluding steroid dienone is 16. The summed E-state index contributed by atoms with van der Waals surface area (Å²) >= 11 is 0. The first-order valence-corrected chi connectivity index (χ1v) is 30.3. The van der Waals surface area contributed by atoms with Gasteiger partial charge in [-0.15, -0.1) is 0 Å². The van der Waals surface area contributed by atoms with Gasteiger partial charge >= 0.3 is 5.97 Å². The van der Waals surface area contributed by atoms with E-state index in [1.165, 1.54) is 148 Å². The molecule has 0 aliphatic carbocycles. The van der Waals surface area contributed by atoms with E-state index < -0.39 is 43.4 Å². The molecule has 4 N–H and O–H groups in total. The molecule has 1 aliphatic heterocycles. The number of hydrogen-bond acceptors (Lipinski definition) is 9. The molecular weight excluding hydrogens is 925 g/mol. The first kappa shape index (κ1) is 69.1. The molecule has 0 aromatic heterocycles. The molecule has 0 spiro atoms. The van der Waals surface area contributed by atoms with Gasteiger partial charge < -0.3 is 39.4 Å². The normalized spacial score (nSPS) is 19.2. The number of ether oxygens (including phenoxy) is 4. The number of aliphatic hydroxyl groups is 4. The molecule has 74 heavy (non-hydrogen) atoms. The quantitative estimate of drug-likeness (QED) is 0.0267. The second kappa shape index (κ2) is 54.9. The molecule has 9 nitrogen and oxygen atoms in total. The SMILES string of the molecule is CC/C=C\C/C=C\C/C=C\C/C=C\C/C=C\CCCCCCCCCCCCOCC(COC1OC(CO)C(O)C(O)C1O)OC(=O)CCCCCCCCCCCC/C=C\C/C=C\C/C=C\CCCCCCC. The van der Waals surface area contributed by atoms with E-state index in [1.54, 1.807) is 0 Å². The lowest BCUT2D eigenvalue weighted by atomic mass is 9.99. The summed E-state index contributed by atoms with van der Waals surface area (Å²) in [7, 11) is 0. The van der Waals surface area contributed by atoms with Crippen molar-refractivity contribution in [3.8, 4) is 0 Å². The predicted octanol–water partition coefficient (Wildman–Crippen LogP) is 16.3. The zero-order valence-electron chi connectivity index (χ0n) is 47.3. The summed E-state index contributed by atoms with van der Waals surface area (Å²) in [5.74, 6) is -0.320. The van der Waals surface area contributed by atoms with Crippen molar-refractivity contribution in [2.75, 3.05) is 26.4 Å². The average molecular weight is 1040 g/mol. The molecule has 0 bridgehead atoms. The van der Waals surface area contributed by atoms with Gasteiger partial charge in [-0.3, -0.25) is 4.79 Å². The Morgan fingerprint density at radius 3 is 1.24 bits per heavy atom. The van der Waals surface area contributed by atoms with E-state index in [2.05, 4.69) is 111 Å². The van der Waals surface area contributed by atoms with Gasteiger partial charge in [0.1, 0.15) is 30.5 Å². The molecule has 1 aliphatic rings. The van der Waals surface area contributed by atoms with Crippen molar-refractivity contribution in [2.45, 2.75) is 282 Å². The van der Waals surface area contributed by atoms with Gasteiger partial charge in [0.2, 0.25) is 0 Å². The average Bonchev–Trinajstić information content (AvgIpc) is 3.40. The Bertz CT molecular complexity index is 1460. The Hall–Kier alpha value is -2.89. The number of rotatable bonds is 52. The first-order valence-electron chi connectivity index (χ1n) is 30.3. The van der Waals surface area contributed by atoms with Crippen LogP contribution >= 0.6 is 0 Å². The van der Waals surface area contributed by atoms with Crippen LogP contribution in [0.1, 0.15) is 245 Å². The van der Waals surface area contributed by atoms with Crippen LogP contribution in [0.3, 0.4) is 0 Å². The molecular formula is C65H112O9. The van der Waals surface area contributed by atoms with Gasteiger partial charge in [-0.05, 0) is 96.3 Å². The second-order valence-corrected chi connectivity index (χ2v) is 20.4. The summed E-state index contributed by atoms with van der Waals surface area (Å²) in [6.45, 7) is 4.43. The fourth-order valence-corrected chi connectivity index (χ4v) is 8.82. The van der Waals surface area contributed by atoms with Crippen molar-refractivity contribution in [1.29, 1.82) is 0 Å². The highest BCUT2D eigenvalue weighted by Crippen LogP contribution is 2.23. The fraction of sp³-hybridized carbons (Fsp3) is 0.738. The third-order valence-corrected chi connectivity index (χ3v) is 13.5. The molecule has 0 radical (unpaired) electrons. The standard InChI is InChI=1S/C65H112O9/c1-3-5-7-9-11-13-15-17-19-21-23-25-27-29-31-33-35-37-39-41-43-45-47-49-51-53-55-71-57-59(58-72-65-64(70)63(69)62(68)60(56-66)74-65)73-61(67)54-52-50-48-46-44-42-40-38-36-34-32-30-28-26-24-22-20-18-16-14-12-10-8-6-4-2/h5,7,11,13,16-19,22-25,28-31,59-60,62-66,68-70H,3-4,6,8-10,12,14-15,20-21,26-27,32-58H2,1-2H3/b7-5-,13-11-,18-16-,19-17-,24-22-,25-23-,30-28-,31-29-. The van der Waals surface area contributed by atoms with Crippen LogP contribution in [0.15, 0.2) is 97.2 Å². The van der Waals surface area contributed by atoms with Crippen LogP contribution in [-0.4, -0.2) is 89.6 Å². The van der Waals surface area contributed by atoms with Gasteiger partial charge in [0.15, 0.2) is 6.29 Å². The van der Waals surface area contributed by atoms with Crippen LogP contribution < -0.4 is 0 Å². The molecule has 6 atom stereocenters. The lowest BCUT2D eigenvalue weighted by molar-refractivity contribution is -0.305. The number of carbonyl (C=O) groups excluding carboxylic acids is 1. The third-order valence-electron chi connectivity index (χ3n) is 13.5. The minimum absolute atomic E-state index is 0.121. The molecule has 9 heteroatoms. The van der Waals surface area contributed by atoms with Crippen molar-refractivity contribution in [1.82, 2.24) is 0 Å². The summed E-state index contributed by atoms with van der Waals surface area (Å²) in [5.41, 5.74) is 0. The van der Waals surface area contributed by atoms with E-state index in [-0.39, 0.29) is 19.2 Å². The molecule has 0 aromatic carbocycles. The van der Waals surface area contributed by atoms with E-state index in [9.17, 15) is 25.2 Å². The second-order valence-electron chi connectivity index (χ2n) is 20.4. The number of hydrogen-bond donors (Lipinski definition) is 4. The Labute approximate surface area is 453 Å². The summed E-state index contributed by atoms with van der Waals surface area (Å²) in [5, 5.41) is 40.4. The van der Waals surface area contributed by atoms with Crippen molar-refractivity contribution in [2.24, 2.45) is 0 Å². The molecule has 1 heterocycles. The fourth-order valence-electron chi connectivity index (χ4n) is 8.82. The van der Waals surface area contributed by atoms with E-state index in [4.69, 9.17) is 18.9 Å². The van der Waals surface area contributed by atoms with Gasteiger partial charge in [0.05, 0.1) is 19.8 Å². The highest BCUT2D eigenvalue weighted by Gasteiger charge is 2.44. The lowest BCUT2D eigenvalue weighted by Gasteiger charge is -2.39. The Morgan fingerprint density at radius 1 is 0.446 bits per heavy atom. The van der Waals surface area contributed by atoms with Crippen molar-refractivity contribution >= 4 is 5.97 Å². The Balaban J connectivity index is 2.16. The van der Waals surface area contributed by atoms with Gasteiger partial charge in [0, 0.05) is 13.0 Å². The lowest BCUT2D eigenvalue weighted by Crippen LogP contribution is -2.59. The van der Waals surface area contributed by atoms with Crippen LogP contribution in [-0.2, 0) is 23.7 Å². The highest BCUT2D eigenvalue weighted by atomic mass is 16.7. The maximum atomic E-state index is 12.9. The third kappa shape index (κ3) is 44.3.